The van der Waals surface area contributed by atoms with Crippen LogP contribution in [-0.2, 0) is 16.1 Å². The third-order valence-corrected chi connectivity index (χ3v) is 8.58. The fourth-order valence-corrected chi connectivity index (χ4v) is 6.37. The molecule has 6 rings (SSSR count). The molecule has 3 aliphatic heterocycles. The minimum Gasteiger partial charge on any atom is -0.394 e. The van der Waals surface area contributed by atoms with Crippen LogP contribution in [0.4, 0.5) is 14.3 Å². The van der Waals surface area contributed by atoms with Gasteiger partial charge in [0, 0.05) is 60.9 Å². The van der Waals surface area contributed by atoms with E-state index in [0.29, 0.717) is 48.7 Å². The molecule has 1 aromatic heterocycles. The molecule has 2 aromatic carbocycles. The third-order valence-electron chi connectivity index (χ3n) is 8.58. The first kappa shape index (κ1) is 29.4. The van der Waals surface area contributed by atoms with Crippen LogP contribution >= 0.6 is 0 Å². The second-order valence-corrected chi connectivity index (χ2v) is 11.6. The van der Waals surface area contributed by atoms with Gasteiger partial charge in [0.15, 0.2) is 5.70 Å². The van der Waals surface area contributed by atoms with Gasteiger partial charge in [-0.25, -0.2) is 0 Å². The number of benzene rings is 2. The Morgan fingerprint density at radius 2 is 1.70 bits per heavy atom. The van der Waals surface area contributed by atoms with Crippen molar-refractivity contribution in [1.82, 2.24) is 9.79 Å². The van der Waals surface area contributed by atoms with Crippen LogP contribution in [0.2, 0.25) is 0 Å². The Morgan fingerprint density at radius 1 is 0.955 bits per heavy atom. The van der Waals surface area contributed by atoms with E-state index in [1.807, 2.05) is 60.4 Å². The number of rotatable bonds is 9. The maximum absolute atomic E-state index is 15.6. The molecule has 2 amide bonds. The highest BCUT2D eigenvalue weighted by molar-refractivity contribution is 6.58. The monoisotopic (exact) mass is 592 g/mol. The molecule has 0 atom stereocenters. The lowest BCUT2D eigenvalue weighted by molar-refractivity contribution is -0.362. The van der Waals surface area contributed by atoms with Gasteiger partial charge >= 0.3 is 6.97 Å². The summed E-state index contributed by atoms with van der Waals surface area (Å²) in [6.07, 6.45) is 8.15. The van der Waals surface area contributed by atoms with Crippen LogP contribution in [0, 0.1) is 25.7 Å². The maximum Gasteiger partial charge on any atom is 0.737 e. The summed E-state index contributed by atoms with van der Waals surface area (Å²) in [6, 6.07) is 17.4. The summed E-state index contributed by atoms with van der Waals surface area (Å²) in [5, 5.41) is 2.91. The van der Waals surface area contributed by atoms with Crippen LogP contribution in [0.5, 0.6) is 0 Å². The Balaban J connectivity index is 0.976. The van der Waals surface area contributed by atoms with E-state index in [4.69, 9.17) is 0 Å². The van der Waals surface area contributed by atoms with Gasteiger partial charge in [-0.2, -0.15) is 0 Å². The number of anilines is 1. The van der Waals surface area contributed by atoms with Crippen molar-refractivity contribution in [3.05, 3.63) is 106 Å². The largest absolute Gasteiger partial charge is 0.737 e. The summed E-state index contributed by atoms with van der Waals surface area (Å²) >= 11 is 0. The van der Waals surface area contributed by atoms with Crippen LogP contribution < -0.4 is 10.2 Å². The molecular formula is C35H35BF2N4O2. The van der Waals surface area contributed by atoms with Gasteiger partial charge in [-0.05, 0) is 67.8 Å². The Labute approximate surface area is 256 Å². The van der Waals surface area contributed by atoms with Crippen LogP contribution in [-0.4, -0.2) is 40.0 Å². The van der Waals surface area contributed by atoms with Gasteiger partial charge in [0.25, 0.3) is 0 Å². The first-order valence-corrected chi connectivity index (χ1v) is 15.3. The van der Waals surface area contributed by atoms with E-state index in [2.05, 4.69) is 17.2 Å². The average molecular weight is 592 g/mol. The molecule has 0 unspecified atom stereocenters. The summed E-state index contributed by atoms with van der Waals surface area (Å²) in [5.74, 6) is 6.34. The molecule has 0 fully saturated rings. The number of carbonyl (C=O) groups is 2. The Bertz CT molecular complexity index is 1810. The van der Waals surface area contributed by atoms with E-state index in [9.17, 15) is 9.59 Å². The number of carbonyl (C=O) groups excluding carboxylic acids is 2. The van der Waals surface area contributed by atoms with E-state index in [1.54, 1.807) is 31.2 Å². The topological polar surface area (TPSA) is 57.4 Å². The molecule has 6 nitrogen and oxygen atoms in total. The third kappa shape index (κ3) is 5.64. The van der Waals surface area contributed by atoms with Gasteiger partial charge in [0.2, 0.25) is 11.8 Å². The van der Waals surface area contributed by atoms with Gasteiger partial charge in [-0.3, -0.25) is 9.59 Å². The van der Waals surface area contributed by atoms with Crippen LogP contribution in [0.25, 0.3) is 6.08 Å². The first-order valence-electron chi connectivity index (χ1n) is 15.3. The Kier molecular flexibility index (Phi) is 8.09. The first-order chi connectivity index (χ1) is 21.2. The molecule has 0 aliphatic carbocycles. The van der Waals surface area contributed by atoms with Crippen molar-refractivity contribution >= 4 is 36.3 Å². The van der Waals surface area contributed by atoms with E-state index in [1.165, 1.54) is 0 Å². The van der Waals surface area contributed by atoms with Gasteiger partial charge in [-0.15, -0.1) is 0 Å². The second-order valence-electron chi connectivity index (χ2n) is 11.6. The number of aromatic nitrogens is 1. The molecule has 9 heteroatoms. The van der Waals surface area contributed by atoms with Crippen LogP contribution in [0.1, 0.15) is 72.2 Å². The van der Waals surface area contributed by atoms with Crippen molar-refractivity contribution in [1.29, 1.82) is 0 Å². The number of aryl methyl sites for hydroxylation is 2. The smallest absolute Gasteiger partial charge is 0.394 e. The number of nitrogens with zero attached hydrogens (tertiary/aromatic N) is 3. The van der Waals surface area contributed by atoms with Crippen LogP contribution in [0.3, 0.4) is 0 Å². The number of fused-ring (bicyclic) bond motifs is 4. The van der Waals surface area contributed by atoms with E-state index in [0.717, 1.165) is 49.7 Å². The molecule has 0 bridgehead atoms. The van der Waals surface area contributed by atoms with Crippen molar-refractivity contribution in [2.24, 2.45) is 0 Å². The molecular weight excluding hydrogens is 557 g/mol. The highest BCUT2D eigenvalue weighted by atomic mass is 19.2. The summed E-state index contributed by atoms with van der Waals surface area (Å²) in [7, 11) is 0. The van der Waals surface area contributed by atoms with Gasteiger partial charge < -0.3 is 27.8 Å². The van der Waals surface area contributed by atoms with E-state index in [-0.39, 0.29) is 24.7 Å². The number of hydrogen-bond donors (Lipinski definition) is 1. The fraction of sp³-hybridized carbons (Fsp3) is 0.286. The van der Waals surface area contributed by atoms with Gasteiger partial charge in [0.1, 0.15) is 5.71 Å². The maximum atomic E-state index is 15.6. The number of hydrogen-bond acceptors (Lipinski definition) is 2. The van der Waals surface area contributed by atoms with E-state index >= 15 is 8.63 Å². The molecule has 0 spiro atoms. The van der Waals surface area contributed by atoms with Crippen molar-refractivity contribution < 1.29 is 22.7 Å². The zero-order chi connectivity index (χ0) is 30.8. The highest BCUT2D eigenvalue weighted by Gasteiger charge is 2.52. The normalized spacial score (nSPS) is 15.6. The highest BCUT2D eigenvalue weighted by Crippen LogP contribution is 2.34. The standard InChI is InChI=1S/C35H35BF2N4O2/c1-25-22-26(2)41-33(25)23-31-18-17-30(42(31)36(41,37)38)19-20-34(43)39-21-9-3-4-14-35(44)40-24-29-12-6-5-10-27(29)15-16-28-11-7-8-13-32(28)40/h5-8,10-13,17-18,22-23H,3-4,9,14,19-21,24H2,1-2H3,(H,39,43). The Hall–Kier alpha value is -4.71. The van der Waals surface area contributed by atoms with Crippen molar-refractivity contribution in [2.75, 3.05) is 11.4 Å². The second kappa shape index (κ2) is 12.1. The van der Waals surface area contributed by atoms with Crippen molar-refractivity contribution in [3.63, 3.8) is 0 Å². The number of allylic oxidation sites excluding steroid dienone is 2. The number of halogens is 2. The molecule has 224 valence electrons. The minimum atomic E-state index is -4.03. The molecule has 3 aliphatic rings. The zero-order valence-electron chi connectivity index (χ0n) is 25.1. The summed E-state index contributed by atoms with van der Waals surface area (Å²) in [6.45, 7) is 0.459. The summed E-state index contributed by atoms with van der Waals surface area (Å²) in [4.78, 5) is 27.7. The average Bonchev–Trinajstić information content (AvgIpc) is 3.55. The van der Waals surface area contributed by atoms with Crippen LogP contribution in [0.15, 0.2) is 72.4 Å². The quantitative estimate of drug-likeness (QED) is 0.185. The molecule has 0 saturated carbocycles. The van der Waals surface area contributed by atoms with Crippen molar-refractivity contribution in [3.8, 4) is 11.8 Å². The number of para-hydroxylation sites is 1. The predicted octanol–water partition coefficient (Wildman–Crippen LogP) is 6.11. The lowest BCUT2D eigenvalue weighted by Gasteiger charge is -2.30. The zero-order valence-corrected chi connectivity index (χ0v) is 25.1. The Morgan fingerprint density at radius 3 is 2.55 bits per heavy atom. The fourth-order valence-electron chi connectivity index (χ4n) is 6.37. The summed E-state index contributed by atoms with van der Waals surface area (Å²) in [5.41, 5.74) is 6.41. The van der Waals surface area contributed by atoms with E-state index < -0.39 is 6.97 Å². The molecule has 4 heterocycles. The molecule has 44 heavy (non-hydrogen) atoms. The lowest BCUT2D eigenvalue weighted by atomic mass is 9.90. The lowest BCUT2D eigenvalue weighted by Crippen LogP contribution is -2.50. The predicted molar refractivity (Wildman–Crippen MR) is 170 cm³/mol. The number of amides is 2. The number of nitrogens with one attached hydrogen (secondary N) is 1. The summed E-state index contributed by atoms with van der Waals surface area (Å²) < 4.78 is 33.4. The van der Waals surface area contributed by atoms with Gasteiger partial charge in [0.05, 0.1) is 12.2 Å². The van der Waals surface area contributed by atoms with Gasteiger partial charge in [-0.1, -0.05) is 48.6 Å². The molecule has 0 saturated heterocycles. The SMILES string of the molecule is Cc1cc(C)n2c1C=C1C=CC(CCC(=O)NCCCCCC(=O)N3Cc4ccccc4C#Cc4ccccc43)=[N+]1[B-]2(F)F. The number of unbranched alkanes of at least 4 members (excludes halogenated alkanes) is 2. The minimum absolute atomic E-state index is 0.0450. The van der Waals surface area contributed by atoms with Crippen molar-refractivity contribution in [2.45, 2.75) is 58.9 Å². The molecule has 1 N–H and O–H groups in total. The molecule has 0 radical (unpaired) electrons. The molecule has 3 aromatic rings.